The van der Waals surface area contributed by atoms with Crippen LogP contribution in [0.4, 0.5) is 11.4 Å². The van der Waals surface area contributed by atoms with Gasteiger partial charge in [0.25, 0.3) is 0 Å². The topological polar surface area (TPSA) is 156 Å². The fourth-order valence-corrected chi connectivity index (χ4v) is 3.54. The van der Waals surface area contributed by atoms with Crippen molar-refractivity contribution in [2.75, 3.05) is 22.0 Å². The molecule has 0 aromatic heterocycles. The molecule has 2 rings (SSSR count). The highest BCUT2D eigenvalue weighted by molar-refractivity contribution is 7.92. The zero-order valence-corrected chi connectivity index (χ0v) is 16.6. The summed E-state index contributed by atoms with van der Waals surface area (Å²) in [4.78, 5) is 11.0. The number of amides is 1. The van der Waals surface area contributed by atoms with Gasteiger partial charge >= 0.3 is 0 Å². The van der Waals surface area contributed by atoms with Crippen LogP contribution < -0.4 is 15.2 Å². The van der Waals surface area contributed by atoms with Gasteiger partial charge in [-0.05, 0) is 53.1 Å². The van der Waals surface area contributed by atoms with E-state index in [-0.39, 0.29) is 17.1 Å². The first kappa shape index (κ1) is 21.3. The number of hydrogen-bond donors (Lipinski definition) is 4. The lowest BCUT2D eigenvalue weighted by atomic mass is 9.98. The summed E-state index contributed by atoms with van der Waals surface area (Å²) in [5.41, 5.74) is 6.73. The number of phenolic OH excluding ortho intramolecular Hbond substituents is 1. The highest BCUT2D eigenvalue weighted by Gasteiger charge is 2.12. The van der Waals surface area contributed by atoms with E-state index in [0.29, 0.717) is 16.7 Å². The molecule has 28 heavy (non-hydrogen) atoms. The van der Waals surface area contributed by atoms with E-state index in [1.54, 1.807) is 6.07 Å². The minimum atomic E-state index is -3.62. The van der Waals surface area contributed by atoms with Gasteiger partial charge in [0.1, 0.15) is 5.75 Å². The van der Waals surface area contributed by atoms with E-state index in [2.05, 4.69) is 9.44 Å². The molecule has 2 aromatic carbocycles. The third-order valence-electron chi connectivity index (χ3n) is 3.31. The molecule has 0 radical (unpaired) electrons. The van der Waals surface area contributed by atoms with Crippen LogP contribution in [0.1, 0.15) is 5.56 Å². The second kappa shape index (κ2) is 7.90. The number of primary amides is 1. The van der Waals surface area contributed by atoms with Gasteiger partial charge in [0.05, 0.1) is 23.9 Å². The zero-order valence-electron chi connectivity index (χ0n) is 15.0. The molecule has 0 saturated heterocycles. The monoisotopic (exact) mass is 425 g/mol. The van der Waals surface area contributed by atoms with Crippen LogP contribution in [0.3, 0.4) is 0 Å². The molecule has 11 heteroatoms. The molecule has 5 N–H and O–H groups in total. The van der Waals surface area contributed by atoms with Gasteiger partial charge in [-0.2, -0.15) is 0 Å². The molecule has 0 aliphatic rings. The lowest BCUT2D eigenvalue weighted by molar-refractivity contribution is -0.113. The van der Waals surface area contributed by atoms with Crippen molar-refractivity contribution in [3.05, 3.63) is 48.0 Å². The molecule has 0 atom stereocenters. The molecule has 0 unspecified atom stereocenters. The number of rotatable bonds is 7. The number of aromatic hydroxyl groups is 1. The normalized spacial score (nSPS) is 12.1. The van der Waals surface area contributed by atoms with Crippen LogP contribution >= 0.6 is 0 Å². The molecule has 1 amide bonds. The van der Waals surface area contributed by atoms with Crippen molar-refractivity contribution < 1.29 is 26.7 Å². The summed E-state index contributed by atoms with van der Waals surface area (Å²) in [6.07, 6.45) is 4.42. The number of sulfonamides is 2. The summed E-state index contributed by atoms with van der Waals surface area (Å²) < 4.78 is 50.9. The van der Waals surface area contributed by atoms with E-state index >= 15 is 0 Å². The Labute approximate surface area is 163 Å². The van der Waals surface area contributed by atoms with E-state index < -0.39 is 26.0 Å². The Morgan fingerprint density at radius 1 is 0.964 bits per heavy atom. The van der Waals surface area contributed by atoms with Crippen LogP contribution in [-0.2, 0) is 24.8 Å². The minimum absolute atomic E-state index is 0.0622. The van der Waals surface area contributed by atoms with Crippen molar-refractivity contribution in [1.29, 1.82) is 0 Å². The zero-order chi connectivity index (χ0) is 21.1. The molecule has 0 bridgehead atoms. The number of carbonyl (C=O) groups excluding carboxylic acids is 1. The number of carbonyl (C=O) groups is 1. The number of nitrogens with two attached hydrogens (primary N) is 1. The van der Waals surface area contributed by atoms with Gasteiger partial charge in [0.15, 0.2) is 0 Å². The first-order valence-electron chi connectivity index (χ1n) is 7.74. The largest absolute Gasteiger partial charge is 0.508 e. The Morgan fingerprint density at radius 2 is 1.50 bits per heavy atom. The van der Waals surface area contributed by atoms with Crippen LogP contribution in [0.15, 0.2) is 42.5 Å². The second-order valence-corrected chi connectivity index (χ2v) is 9.55. The third kappa shape index (κ3) is 6.59. The Bertz CT molecular complexity index is 1100. The maximum absolute atomic E-state index is 11.6. The summed E-state index contributed by atoms with van der Waals surface area (Å²) in [5, 5.41) is 9.73. The number of hydrogen-bond acceptors (Lipinski definition) is 6. The van der Waals surface area contributed by atoms with Gasteiger partial charge in [-0.25, -0.2) is 16.8 Å². The van der Waals surface area contributed by atoms with Gasteiger partial charge < -0.3 is 10.8 Å². The number of benzene rings is 2. The first-order valence-corrected chi connectivity index (χ1v) is 11.5. The van der Waals surface area contributed by atoms with Crippen LogP contribution in [-0.4, -0.2) is 40.4 Å². The Balaban J connectivity index is 2.68. The molecular weight excluding hydrogens is 406 g/mol. The summed E-state index contributed by atoms with van der Waals surface area (Å²) in [6.45, 7) is 0. The molecule has 0 saturated carbocycles. The van der Waals surface area contributed by atoms with Gasteiger partial charge in [0.2, 0.25) is 26.0 Å². The van der Waals surface area contributed by atoms with Gasteiger partial charge in [-0.15, -0.1) is 0 Å². The average Bonchev–Trinajstić information content (AvgIpc) is 2.49. The van der Waals surface area contributed by atoms with Crippen LogP contribution in [0.5, 0.6) is 5.75 Å². The Kier molecular flexibility index (Phi) is 6.00. The van der Waals surface area contributed by atoms with Crippen molar-refractivity contribution in [3.8, 4) is 16.9 Å². The molecule has 0 heterocycles. The third-order valence-corrected chi connectivity index (χ3v) is 4.53. The predicted octanol–water partition coefficient (Wildman–Crippen LogP) is 1.30. The smallest absolute Gasteiger partial charge is 0.241 e. The van der Waals surface area contributed by atoms with E-state index in [4.69, 9.17) is 5.73 Å². The summed E-state index contributed by atoms with van der Waals surface area (Å²) in [6, 6.07) is 8.63. The van der Waals surface area contributed by atoms with Gasteiger partial charge in [0, 0.05) is 6.08 Å². The molecule has 0 aliphatic heterocycles. The van der Waals surface area contributed by atoms with Crippen molar-refractivity contribution in [3.63, 3.8) is 0 Å². The summed E-state index contributed by atoms with van der Waals surface area (Å²) in [5.74, 6) is -0.756. The van der Waals surface area contributed by atoms with Gasteiger partial charge in [-0.3, -0.25) is 14.2 Å². The average molecular weight is 425 g/mol. The van der Waals surface area contributed by atoms with Crippen LogP contribution in [0.2, 0.25) is 0 Å². The molecule has 0 fully saturated rings. The highest BCUT2D eigenvalue weighted by Crippen LogP contribution is 2.33. The highest BCUT2D eigenvalue weighted by atomic mass is 32.2. The molecule has 0 aliphatic carbocycles. The predicted molar refractivity (Wildman–Crippen MR) is 109 cm³/mol. The maximum atomic E-state index is 11.6. The number of phenols is 1. The maximum Gasteiger partial charge on any atom is 0.241 e. The number of anilines is 2. The van der Waals surface area contributed by atoms with Crippen molar-refractivity contribution in [2.24, 2.45) is 5.73 Å². The molecule has 9 nitrogen and oxygen atoms in total. The van der Waals surface area contributed by atoms with Crippen molar-refractivity contribution >= 4 is 43.4 Å². The SMILES string of the molecule is CS(=O)(=O)Nc1cc(NS(C)(=O)=O)cc(-c2ccc(O)cc2/C=C/C(N)=O)c1. The fourth-order valence-electron chi connectivity index (χ4n) is 2.45. The lowest BCUT2D eigenvalue weighted by Gasteiger charge is -2.13. The quantitative estimate of drug-likeness (QED) is 0.490. The molecular formula is C17H19N3O6S2. The van der Waals surface area contributed by atoms with E-state index in [1.807, 2.05) is 0 Å². The van der Waals surface area contributed by atoms with Crippen molar-refractivity contribution in [2.45, 2.75) is 0 Å². The second-order valence-electron chi connectivity index (χ2n) is 6.05. The lowest BCUT2D eigenvalue weighted by Crippen LogP contribution is -2.12. The summed E-state index contributed by atoms with van der Waals surface area (Å²) >= 11 is 0. The standard InChI is InChI=1S/C17H19N3O6S2/c1-27(23,24)19-13-7-12(8-14(10-13)20-28(2,25)26)16-5-4-15(21)9-11(16)3-6-17(18)22/h3-10,19-21H,1-2H3,(H2,18,22)/b6-3+. The molecule has 150 valence electrons. The van der Waals surface area contributed by atoms with Crippen LogP contribution in [0, 0.1) is 0 Å². The van der Waals surface area contributed by atoms with E-state index in [1.165, 1.54) is 36.4 Å². The Morgan fingerprint density at radius 3 is 1.96 bits per heavy atom. The van der Waals surface area contributed by atoms with E-state index in [9.17, 15) is 26.7 Å². The van der Waals surface area contributed by atoms with E-state index in [0.717, 1.165) is 18.6 Å². The molecule has 0 spiro atoms. The minimum Gasteiger partial charge on any atom is -0.508 e. The van der Waals surface area contributed by atoms with Crippen LogP contribution in [0.25, 0.3) is 17.2 Å². The molecule has 2 aromatic rings. The Hall–Kier alpha value is -3.05. The van der Waals surface area contributed by atoms with Gasteiger partial charge in [-0.1, -0.05) is 6.07 Å². The fraction of sp³-hybridized carbons (Fsp3) is 0.118. The number of nitrogens with one attached hydrogen (secondary N) is 2. The van der Waals surface area contributed by atoms with Crippen molar-refractivity contribution in [1.82, 2.24) is 0 Å². The first-order chi connectivity index (χ1) is 12.8. The summed E-state index contributed by atoms with van der Waals surface area (Å²) in [7, 11) is -7.23.